The topological polar surface area (TPSA) is 107 Å². The number of aromatic nitrogens is 2. The van der Waals surface area contributed by atoms with Gasteiger partial charge >= 0.3 is 6.09 Å². The van der Waals surface area contributed by atoms with Crippen molar-refractivity contribution in [2.45, 2.75) is 25.3 Å². The molecule has 0 spiro atoms. The van der Waals surface area contributed by atoms with Gasteiger partial charge in [-0.3, -0.25) is 0 Å². The smallest absolute Gasteiger partial charge is 0.404 e. The molecule has 3 aromatic rings. The van der Waals surface area contributed by atoms with E-state index in [1.165, 1.54) is 12.3 Å². The van der Waals surface area contributed by atoms with E-state index in [2.05, 4.69) is 15.3 Å². The minimum atomic E-state index is -2.66. The van der Waals surface area contributed by atoms with Crippen LogP contribution < -0.4 is 14.8 Å². The van der Waals surface area contributed by atoms with E-state index in [1.807, 2.05) is 0 Å². The number of hydrogen-bond donors (Lipinski definition) is 2. The van der Waals surface area contributed by atoms with Crippen molar-refractivity contribution in [1.29, 1.82) is 0 Å². The lowest BCUT2D eigenvalue weighted by molar-refractivity contribution is 0.0856. The van der Waals surface area contributed by atoms with Crippen molar-refractivity contribution in [3.05, 3.63) is 36.3 Å². The Labute approximate surface area is 174 Å². The first-order chi connectivity index (χ1) is 14.7. The highest BCUT2D eigenvalue weighted by Gasteiger charge is 2.57. The third kappa shape index (κ3) is 4.81. The number of benzene rings is 1. The van der Waals surface area contributed by atoms with Crippen molar-refractivity contribution in [3.8, 4) is 23.1 Å². The van der Waals surface area contributed by atoms with Crippen LogP contribution in [0.3, 0.4) is 0 Å². The van der Waals surface area contributed by atoms with Crippen LogP contribution in [0.15, 0.2) is 34.9 Å². The molecule has 1 aromatic carbocycles. The van der Waals surface area contributed by atoms with Gasteiger partial charge in [0.15, 0.2) is 17.1 Å². The number of nitrogens with one attached hydrogen (secondary N) is 1. The first-order valence-corrected chi connectivity index (χ1v) is 9.40. The highest BCUT2D eigenvalue weighted by molar-refractivity contribution is 5.77. The van der Waals surface area contributed by atoms with Gasteiger partial charge in [0.05, 0.1) is 24.8 Å². The van der Waals surface area contributed by atoms with Crippen molar-refractivity contribution >= 4 is 17.2 Å². The summed E-state index contributed by atoms with van der Waals surface area (Å²) < 4.78 is 56.7. The molecule has 2 heterocycles. The van der Waals surface area contributed by atoms with E-state index in [-0.39, 0.29) is 37.0 Å². The van der Waals surface area contributed by atoms with Gasteiger partial charge in [0.25, 0.3) is 5.92 Å². The molecule has 2 atom stereocenters. The van der Waals surface area contributed by atoms with Gasteiger partial charge in [-0.2, -0.15) is 0 Å². The second-order valence-corrected chi connectivity index (χ2v) is 7.28. The number of pyridine rings is 1. The van der Waals surface area contributed by atoms with Gasteiger partial charge in [-0.1, -0.05) is 0 Å². The summed E-state index contributed by atoms with van der Waals surface area (Å²) in [5.74, 6) is -3.78. The van der Waals surface area contributed by atoms with E-state index >= 15 is 0 Å². The molecule has 2 N–H and O–H groups in total. The Morgan fingerprint density at radius 2 is 2.13 bits per heavy atom. The third-order valence-electron chi connectivity index (χ3n) is 4.66. The fourth-order valence-electron chi connectivity index (χ4n) is 2.87. The van der Waals surface area contributed by atoms with Crippen LogP contribution >= 0.6 is 0 Å². The van der Waals surface area contributed by atoms with E-state index in [4.69, 9.17) is 19.0 Å². The minimum absolute atomic E-state index is 0.00871. The molecule has 164 valence electrons. The Kier molecular flexibility index (Phi) is 5.34. The molecule has 1 unspecified atom stereocenters. The number of halogens is 3. The zero-order valence-electron chi connectivity index (χ0n) is 16.3. The van der Waals surface area contributed by atoms with Gasteiger partial charge in [0.2, 0.25) is 5.89 Å². The first-order valence-electron chi connectivity index (χ1n) is 9.40. The molecule has 4 rings (SSSR count). The largest absolute Gasteiger partial charge is 0.493 e. The number of oxazole rings is 1. The van der Waals surface area contributed by atoms with Crippen LogP contribution in [-0.2, 0) is 0 Å². The van der Waals surface area contributed by atoms with Crippen LogP contribution in [0.1, 0.15) is 13.3 Å². The Morgan fingerprint density at radius 3 is 2.81 bits per heavy atom. The molecule has 0 radical (unpaired) electrons. The number of nitrogens with zero attached hydrogens (tertiary/aromatic N) is 2. The van der Waals surface area contributed by atoms with Gasteiger partial charge in [-0.15, -0.1) is 0 Å². The summed E-state index contributed by atoms with van der Waals surface area (Å²) in [7, 11) is 0. The van der Waals surface area contributed by atoms with Gasteiger partial charge < -0.3 is 24.3 Å². The predicted molar refractivity (Wildman–Crippen MR) is 102 cm³/mol. The summed E-state index contributed by atoms with van der Waals surface area (Å²) in [4.78, 5) is 18.7. The summed E-state index contributed by atoms with van der Waals surface area (Å²) in [6.07, 6.45) is -0.0994. The Hall–Kier alpha value is -3.50. The third-order valence-corrected chi connectivity index (χ3v) is 4.66. The maximum Gasteiger partial charge on any atom is 0.404 e. The lowest BCUT2D eigenvalue weighted by atomic mass is 10.3. The van der Waals surface area contributed by atoms with E-state index in [0.717, 1.165) is 6.07 Å². The van der Waals surface area contributed by atoms with Crippen LogP contribution in [0.4, 0.5) is 18.0 Å². The molecule has 0 saturated heterocycles. The van der Waals surface area contributed by atoms with Crippen molar-refractivity contribution < 1.29 is 37.0 Å². The van der Waals surface area contributed by atoms with Crippen LogP contribution in [0.25, 0.3) is 22.7 Å². The summed E-state index contributed by atoms with van der Waals surface area (Å²) in [5, 5.41) is 10.9. The molecule has 2 aromatic heterocycles. The van der Waals surface area contributed by atoms with Crippen LogP contribution in [0, 0.1) is 11.7 Å². The number of rotatable bonds is 8. The van der Waals surface area contributed by atoms with Gasteiger partial charge in [-0.05, 0) is 19.1 Å². The van der Waals surface area contributed by atoms with Crippen molar-refractivity contribution in [3.63, 3.8) is 0 Å². The number of alkyl halides is 2. The summed E-state index contributed by atoms with van der Waals surface area (Å²) in [5.41, 5.74) is 0.583. The lowest BCUT2D eigenvalue weighted by Crippen LogP contribution is -2.35. The summed E-state index contributed by atoms with van der Waals surface area (Å²) >= 11 is 0. The van der Waals surface area contributed by atoms with Crippen LogP contribution in [0.2, 0.25) is 0 Å². The number of amides is 1. The van der Waals surface area contributed by atoms with Gasteiger partial charge in [0, 0.05) is 18.6 Å². The molecule has 1 fully saturated rings. The van der Waals surface area contributed by atoms with Crippen molar-refractivity contribution in [1.82, 2.24) is 15.3 Å². The Balaban J connectivity index is 1.44. The molecule has 11 heteroatoms. The molecular weight excluding hydrogens is 419 g/mol. The molecule has 0 aliphatic heterocycles. The van der Waals surface area contributed by atoms with Crippen molar-refractivity contribution in [2.24, 2.45) is 5.92 Å². The SMILES string of the molecule is C[C@@H](COc1cnc(-c2nc3ccc(OCC4CC4(F)F)cc3o2)c(F)c1)NC(=O)O. The minimum Gasteiger partial charge on any atom is -0.493 e. The second-order valence-electron chi connectivity index (χ2n) is 7.28. The number of hydrogen-bond acceptors (Lipinski definition) is 6. The van der Waals surface area contributed by atoms with Crippen molar-refractivity contribution in [2.75, 3.05) is 13.2 Å². The molecule has 1 amide bonds. The molecule has 1 aliphatic carbocycles. The monoisotopic (exact) mass is 437 g/mol. The standard InChI is InChI=1S/C20H18F3N3O5/c1-10(25-19(27)28)8-29-13-4-14(21)17(24-7-13)18-26-15-3-2-12(5-16(15)31-18)30-9-11-6-20(11,22)23/h2-5,7,10-11,25H,6,8-9H2,1H3,(H,27,28)/t10-,11?/m0/s1. The first kappa shape index (κ1) is 20.8. The number of ether oxygens (including phenoxy) is 2. The zero-order chi connectivity index (χ0) is 22.2. The van der Waals surface area contributed by atoms with E-state index in [9.17, 15) is 18.0 Å². The average molecular weight is 437 g/mol. The fraction of sp³-hybridized carbons (Fsp3) is 0.350. The van der Waals surface area contributed by atoms with E-state index in [1.54, 1.807) is 19.1 Å². The normalized spacial score (nSPS) is 17.9. The summed E-state index contributed by atoms with van der Waals surface area (Å²) in [6.45, 7) is 1.49. The predicted octanol–water partition coefficient (Wildman–Crippen LogP) is 4.10. The second kappa shape index (κ2) is 7.97. The van der Waals surface area contributed by atoms with E-state index < -0.39 is 29.8 Å². The molecule has 1 saturated carbocycles. The van der Waals surface area contributed by atoms with Crippen LogP contribution in [0.5, 0.6) is 11.5 Å². The number of fused-ring (bicyclic) bond motifs is 1. The zero-order valence-corrected chi connectivity index (χ0v) is 16.3. The fourth-order valence-corrected chi connectivity index (χ4v) is 2.87. The maximum absolute atomic E-state index is 14.5. The summed E-state index contributed by atoms with van der Waals surface area (Å²) in [6, 6.07) is 5.24. The van der Waals surface area contributed by atoms with Gasteiger partial charge in [-0.25, -0.2) is 27.9 Å². The van der Waals surface area contributed by atoms with E-state index in [0.29, 0.717) is 16.8 Å². The molecule has 0 bridgehead atoms. The number of carboxylic acid groups (broad SMARTS) is 1. The Bertz CT molecular complexity index is 1120. The average Bonchev–Trinajstić information content (AvgIpc) is 3.11. The molecule has 8 nitrogen and oxygen atoms in total. The molecule has 31 heavy (non-hydrogen) atoms. The lowest BCUT2D eigenvalue weighted by Gasteiger charge is -2.12. The highest BCUT2D eigenvalue weighted by atomic mass is 19.3. The number of carbonyl (C=O) groups is 1. The maximum atomic E-state index is 14.5. The Morgan fingerprint density at radius 1 is 1.35 bits per heavy atom. The van der Waals surface area contributed by atoms with Gasteiger partial charge in [0.1, 0.15) is 23.6 Å². The van der Waals surface area contributed by atoms with Crippen LogP contribution in [-0.4, -0.2) is 46.3 Å². The highest BCUT2D eigenvalue weighted by Crippen LogP contribution is 2.48. The molecular formula is C20H18F3N3O5. The quantitative estimate of drug-likeness (QED) is 0.546. The molecule has 1 aliphatic rings.